The van der Waals surface area contributed by atoms with Gasteiger partial charge in [-0.05, 0) is 38.5 Å². The van der Waals surface area contributed by atoms with Gasteiger partial charge in [0, 0.05) is 6.08 Å². The Morgan fingerprint density at radius 2 is 1.35 bits per heavy atom. The molecule has 0 aliphatic heterocycles. The highest BCUT2D eigenvalue weighted by atomic mass is 16.4. The van der Waals surface area contributed by atoms with Crippen molar-refractivity contribution in [2.24, 2.45) is 0 Å². The Hall–Kier alpha value is -1.31. The molecule has 0 aromatic rings. The Bertz CT molecular complexity index is 301. The molecule has 0 bridgehead atoms. The highest BCUT2D eigenvalue weighted by Gasteiger charge is 1.88. The van der Waals surface area contributed by atoms with Gasteiger partial charge in [0.05, 0.1) is 0 Å². The van der Waals surface area contributed by atoms with Crippen LogP contribution in [0.5, 0.6) is 0 Å². The van der Waals surface area contributed by atoms with Crippen LogP contribution in [0.4, 0.5) is 0 Å². The fourth-order valence-electron chi connectivity index (χ4n) is 1.94. The van der Waals surface area contributed by atoms with E-state index in [1.165, 1.54) is 57.8 Å². The van der Waals surface area contributed by atoms with Gasteiger partial charge in [-0.25, -0.2) is 4.79 Å². The van der Waals surface area contributed by atoms with Crippen molar-refractivity contribution >= 4 is 5.97 Å². The highest BCUT2D eigenvalue weighted by Crippen LogP contribution is 2.07. The third-order valence-electron chi connectivity index (χ3n) is 3.12. The van der Waals surface area contributed by atoms with E-state index in [2.05, 4.69) is 19.1 Å². The number of allylic oxidation sites excluding steroid dienone is 5. The van der Waals surface area contributed by atoms with E-state index in [1.807, 2.05) is 12.2 Å². The van der Waals surface area contributed by atoms with Crippen LogP contribution < -0.4 is 0 Å². The molecule has 2 nitrogen and oxygen atoms in total. The van der Waals surface area contributed by atoms with Crippen molar-refractivity contribution in [3.05, 3.63) is 36.5 Å². The number of unbranched alkanes of at least 4 members (excludes halogenated alkanes) is 8. The van der Waals surface area contributed by atoms with Crippen LogP contribution in [0, 0.1) is 0 Å². The summed E-state index contributed by atoms with van der Waals surface area (Å²) in [4.78, 5) is 10.2. The maximum Gasteiger partial charge on any atom is 0.328 e. The number of carboxylic acids is 1. The lowest BCUT2D eigenvalue weighted by atomic mass is 10.1. The second kappa shape index (κ2) is 15.7. The van der Waals surface area contributed by atoms with Crippen LogP contribution in [0.2, 0.25) is 0 Å². The van der Waals surface area contributed by atoms with Crippen LogP contribution in [-0.2, 0) is 4.79 Å². The topological polar surface area (TPSA) is 37.3 Å². The lowest BCUT2D eigenvalue weighted by Gasteiger charge is -1.97. The lowest BCUT2D eigenvalue weighted by Crippen LogP contribution is -1.84. The zero-order valence-electron chi connectivity index (χ0n) is 12.9. The first-order valence-corrected chi connectivity index (χ1v) is 7.98. The normalized spacial score (nSPS) is 12.1. The van der Waals surface area contributed by atoms with Gasteiger partial charge in [-0.2, -0.15) is 0 Å². The van der Waals surface area contributed by atoms with Crippen molar-refractivity contribution in [1.29, 1.82) is 0 Å². The summed E-state index contributed by atoms with van der Waals surface area (Å²) in [6.45, 7) is 2.24. The smallest absolute Gasteiger partial charge is 0.328 e. The fraction of sp³-hybridized carbons (Fsp3) is 0.611. The third kappa shape index (κ3) is 16.7. The molecule has 0 atom stereocenters. The minimum atomic E-state index is -0.891. The summed E-state index contributed by atoms with van der Waals surface area (Å²) in [6, 6.07) is 0. The summed E-state index contributed by atoms with van der Waals surface area (Å²) in [5.41, 5.74) is 0. The van der Waals surface area contributed by atoms with Gasteiger partial charge in [-0.15, -0.1) is 0 Å². The maximum absolute atomic E-state index is 10.2. The summed E-state index contributed by atoms with van der Waals surface area (Å²) in [6.07, 6.45) is 23.7. The van der Waals surface area contributed by atoms with Gasteiger partial charge >= 0.3 is 5.97 Å². The first-order valence-electron chi connectivity index (χ1n) is 7.98. The average molecular weight is 278 g/mol. The largest absolute Gasteiger partial charge is 0.478 e. The molecule has 0 aromatic carbocycles. The van der Waals surface area contributed by atoms with Gasteiger partial charge in [0.1, 0.15) is 0 Å². The third-order valence-corrected chi connectivity index (χ3v) is 3.12. The van der Waals surface area contributed by atoms with Crippen LogP contribution in [0.1, 0.15) is 71.1 Å². The maximum atomic E-state index is 10.2. The number of rotatable bonds is 13. The second-order valence-electron chi connectivity index (χ2n) is 5.08. The van der Waals surface area contributed by atoms with Crippen LogP contribution in [-0.4, -0.2) is 11.1 Å². The van der Waals surface area contributed by atoms with Gasteiger partial charge in [-0.1, -0.05) is 63.0 Å². The Morgan fingerprint density at radius 1 is 0.800 bits per heavy atom. The quantitative estimate of drug-likeness (QED) is 0.204. The SMILES string of the molecule is CCCCC/C=C/CCCCCC/C=C/C=C/C(=O)O. The van der Waals surface area contributed by atoms with Gasteiger partial charge in [0.25, 0.3) is 0 Å². The minimum absolute atomic E-state index is 0.891. The molecule has 114 valence electrons. The van der Waals surface area contributed by atoms with Crippen molar-refractivity contribution in [2.75, 3.05) is 0 Å². The van der Waals surface area contributed by atoms with E-state index < -0.39 is 5.97 Å². The summed E-state index contributed by atoms with van der Waals surface area (Å²) in [5.74, 6) is -0.891. The van der Waals surface area contributed by atoms with E-state index in [9.17, 15) is 4.79 Å². The first kappa shape index (κ1) is 18.7. The Morgan fingerprint density at radius 3 is 1.90 bits per heavy atom. The highest BCUT2D eigenvalue weighted by molar-refractivity contribution is 5.80. The molecule has 0 spiro atoms. The lowest BCUT2D eigenvalue weighted by molar-refractivity contribution is -0.131. The summed E-state index contributed by atoms with van der Waals surface area (Å²) in [5, 5.41) is 8.39. The molecule has 0 saturated heterocycles. The molecule has 0 unspecified atom stereocenters. The molecule has 0 saturated carbocycles. The molecule has 2 heteroatoms. The number of aliphatic carboxylic acids is 1. The van der Waals surface area contributed by atoms with Gasteiger partial charge in [-0.3, -0.25) is 0 Å². The molecule has 20 heavy (non-hydrogen) atoms. The van der Waals surface area contributed by atoms with E-state index in [-0.39, 0.29) is 0 Å². The van der Waals surface area contributed by atoms with E-state index >= 15 is 0 Å². The molecule has 0 aliphatic rings. The number of carbonyl (C=O) groups is 1. The zero-order valence-corrected chi connectivity index (χ0v) is 12.9. The van der Waals surface area contributed by atoms with E-state index in [0.29, 0.717) is 0 Å². The van der Waals surface area contributed by atoms with Crippen molar-refractivity contribution in [3.8, 4) is 0 Å². The number of carboxylic acid groups (broad SMARTS) is 1. The molecule has 0 amide bonds. The molecule has 0 aliphatic carbocycles. The Labute approximate surface area is 124 Å². The van der Waals surface area contributed by atoms with E-state index in [4.69, 9.17) is 5.11 Å². The predicted molar refractivity (Wildman–Crippen MR) is 86.9 cm³/mol. The van der Waals surface area contributed by atoms with Crippen molar-refractivity contribution < 1.29 is 9.90 Å². The summed E-state index contributed by atoms with van der Waals surface area (Å²) < 4.78 is 0. The average Bonchev–Trinajstić information content (AvgIpc) is 2.43. The Balaban J connectivity index is 3.22. The number of hydrogen-bond acceptors (Lipinski definition) is 1. The minimum Gasteiger partial charge on any atom is -0.478 e. The van der Waals surface area contributed by atoms with Crippen molar-refractivity contribution in [3.63, 3.8) is 0 Å². The zero-order chi connectivity index (χ0) is 14.9. The van der Waals surface area contributed by atoms with Crippen molar-refractivity contribution in [2.45, 2.75) is 71.1 Å². The standard InChI is InChI=1S/C18H30O2/c1-2-3-4-5-6-7-8-9-10-11-12-13-14-15-16-17-18(19)20/h6-7,14-17H,2-5,8-13H2,1H3,(H,19,20)/b7-6+,15-14+,17-16+. The molecule has 1 N–H and O–H groups in total. The fourth-order valence-corrected chi connectivity index (χ4v) is 1.94. The summed E-state index contributed by atoms with van der Waals surface area (Å²) >= 11 is 0. The molecular weight excluding hydrogens is 248 g/mol. The monoisotopic (exact) mass is 278 g/mol. The van der Waals surface area contributed by atoms with Gasteiger partial charge in [0.2, 0.25) is 0 Å². The molecule has 0 radical (unpaired) electrons. The molecule has 0 rings (SSSR count). The number of hydrogen-bond donors (Lipinski definition) is 1. The summed E-state index contributed by atoms with van der Waals surface area (Å²) in [7, 11) is 0. The predicted octanol–water partition coefficient (Wildman–Crippen LogP) is 5.66. The van der Waals surface area contributed by atoms with E-state index in [0.717, 1.165) is 12.5 Å². The molecule has 0 heterocycles. The van der Waals surface area contributed by atoms with Gasteiger partial charge in [0.15, 0.2) is 0 Å². The van der Waals surface area contributed by atoms with Crippen LogP contribution >= 0.6 is 0 Å². The van der Waals surface area contributed by atoms with Crippen LogP contribution in [0.15, 0.2) is 36.5 Å². The Kier molecular flexibility index (Phi) is 14.7. The van der Waals surface area contributed by atoms with Gasteiger partial charge < -0.3 is 5.11 Å². The second-order valence-corrected chi connectivity index (χ2v) is 5.08. The van der Waals surface area contributed by atoms with Crippen molar-refractivity contribution in [1.82, 2.24) is 0 Å². The molecule has 0 aromatic heterocycles. The molecule has 0 fully saturated rings. The first-order chi connectivity index (χ1) is 9.77. The van der Waals surface area contributed by atoms with E-state index in [1.54, 1.807) is 6.08 Å². The van der Waals surface area contributed by atoms with Crippen LogP contribution in [0.25, 0.3) is 0 Å². The van der Waals surface area contributed by atoms with Crippen LogP contribution in [0.3, 0.4) is 0 Å². The molecular formula is C18H30O2.